The molecule has 0 atom stereocenters. The number of hydrogen-bond donors (Lipinski definition) is 0. The predicted octanol–water partition coefficient (Wildman–Crippen LogP) is 2.27. The fourth-order valence-electron chi connectivity index (χ4n) is 1.17. The van der Waals surface area contributed by atoms with Crippen molar-refractivity contribution in [3.63, 3.8) is 0 Å². The molecule has 0 spiro atoms. The first-order valence-corrected chi connectivity index (χ1v) is 3.96. The van der Waals surface area contributed by atoms with Gasteiger partial charge in [0, 0.05) is 12.1 Å². The monoisotopic (exact) mass is 163 g/mol. The lowest BCUT2D eigenvalue weighted by molar-refractivity contribution is -0.115. The van der Waals surface area contributed by atoms with Crippen LogP contribution in [0.4, 0.5) is 0 Å². The Bertz CT molecular complexity index is 308. The van der Waals surface area contributed by atoms with Crippen LogP contribution in [0.15, 0.2) is 28.4 Å². The first kappa shape index (κ1) is 8.91. The molecule has 0 aliphatic carbocycles. The van der Waals surface area contributed by atoms with E-state index < -0.39 is 0 Å². The minimum atomic E-state index is 0.136. The molecule has 0 aromatic carbocycles. The molecular weight excluding hydrogens is 150 g/mol. The molecule has 0 saturated carbocycles. The molecule has 2 heteroatoms. The van der Waals surface area contributed by atoms with E-state index in [0.717, 1.165) is 22.6 Å². The van der Waals surface area contributed by atoms with Crippen LogP contribution in [0.25, 0.3) is 0 Å². The van der Waals surface area contributed by atoms with E-state index in [1.165, 1.54) is 0 Å². The van der Waals surface area contributed by atoms with E-state index in [1.807, 2.05) is 13.8 Å². The molecule has 0 unspecified atom stereocenters. The van der Waals surface area contributed by atoms with Crippen LogP contribution in [0.3, 0.4) is 0 Å². The summed E-state index contributed by atoms with van der Waals surface area (Å²) in [5, 5.41) is 0. The second-order valence-corrected chi connectivity index (χ2v) is 3.13. The summed E-state index contributed by atoms with van der Waals surface area (Å²) in [4.78, 5) is 15.1. The summed E-state index contributed by atoms with van der Waals surface area (Å²) in [6.07, 6.45) is 0.410. The summed E-state index contributed by atoms with van der Waals surface area (Å²) in [6.45, 7) is 9.37. The molecule has 2 nitrogen and oxygen atoms in total. The van der Waals surface area contributed by atoms with Gasteiger partial charge in [-0.05, 0) is 31.9 Å². The van der Waals surface area contributed by atoms with E-state index in [-0.39, 0.29) is 5.78 Å². The highest BCUT2D eigenvalue weighted by Gasteiger charge is 2.16. The van der Waals surface area contributed by atoms with E-state index in [2.05, 4.69) is 11.6 Å². The van der Waals surface area contributed by atoms with Gasteiger partial charge in [-0.25, -0.2) is 0 Å². The zero-order valence-electron chi connectivity index (χ0n) is 7.77. The van der Waals surface area contributed by atoms with Crippen molar-refractivity contribution < 1.29 is 4.79 Å². The topological polar surface area (TPSA) is 29.4 Å². The molecule has 0 radical (unpaired) electrons. The zero-order valence-corrected chi connectivity index (χ0v) is 7.77. The Morgan fingerprint density at radius 1 is 1.50 bits per heavy atom. The lowest BCUT2D eigenvalue weighted by Gasteiger charge is -1.99. The van der Waals surface area contributed by atoms with Crippen molar-refractivity contribution in [1.29, 1.82) is 0 Å². The molecule has 0 fully saturated rings. The second kappa shape index (κ2) is 3.05. The molecule has 0 aromatic heterocycles. The van der Waals surface area contributed by atoms with Crippen molar-refractivity contribution in [1.82, 2.24) is 0 Å². The summed E-state index contributed by atoms with van der Waals surface area (Å²) in [7, 11) is 0. The molecule has 0 bridgehead atoms. The van der Waals surface area contributed by atoms with Gasteiger partial charge in [-0.15, -0.1) is 0 Å². The lowest BCUT2D eigenvalue weighted by Crippen LogP contribution is -2.04. The van der Waals surface area contributed by atoms with E-state index in [9.17, 15) is 4.79 Å². The van der Waals surface area contributed by atoms with Gasteiger partial charge in [0.25, 0.3) is 0 Å². The van der Waals surface area contributed by atoms with Gasteiger partial charge >= 0.3 is 0 Å². The third kappa shape index (κ3) is 1.52. The molecule has 0 saturated heterocycles. The number of ketones is 1. The number of carbonyl (C=O) groups excluding carboxylic acids is 1. The number of aliphatic imine (C=N–C) groups is 1. The van der Waals surface area contributed by atoms with Gasteiger partial charge < -0.3 is 0 Å². The van der Waals surface area contributed by atoms with Gasteiger partial charge in [0.15, 0.2) is 0 Å². The molecule has 1 aliphatic rings. The van der Waals surface area contributed by atoms with Crippen molar-refractivity contribution in [3.8, 4) is 0 Å². The van der Waals surface area contributed by atoms with Crippen molar-refractivity contribution in [2.24, 2.45) is 4.99 Å². The third-order valence-corrected chi connectivity index (χ3v) is 2.06. The fraction of sp³-hybridized carbons (Fsp3) is 0.400. The van der Waals surface area contributed by atoms with Gasteiger partial charge in [0.05, 0.1) is 5.71 Å². The maximum absolute atomic E-state index is 10.8. The van der Waals surface area contributed by atoms with Crippen LogP contribution in [-0.2, 0) is 4.79 Å². The number of Topliss-reactive ketones (excluding diaryl/α,β-unsaturated/α-hetero) is 1. The maximum atomic E-state index is 10.8. The SMILES string of the molecule is C=C1C(CC(C)=O)=NC(C)=C1C. The fourth-order valence-corrected chi connectivity index (χ4v) is 1.17. The highest BCUT2D eigenvalue weighted by molar-refractivity contribution is 6.14. The quantitative estimate of drug-likeness (QED) is 0.614. The highest BCUT2D eigenvalue weighted by Crippen LogP contribution is 2.24. The molecular formula is C10H13NO. The third-order valence-electron chi connectivity index (χ3n) is 2.06. The number of nitrogens with zero attached hydrogens (tertiary/aromatic N) is 1. The molecule has 1 heterocycles. The largest absolute Gasteiger partial charge is 0.300 e. The Balaban J connectivity index is 2.82. The normalized spacial score (nSPS) is 16.9. The summed E-state index contributed by atoms with van der Waals surface area (Å²) in [5.41, 5.74) is 3.84. The van der Waals surface area contributed by atoms with Crippen molar-refractivity contribution in [3.05, 3.63) is 23.4 Å². The molecule has 0 amide bonds. The smallest absolute Gasteiger partial charge is 0.135 e. The summed E-state index contributed by atoms with van der Waals surface area (Å²) < 4.78 is 0. The van der Waals surface area contributed by atoms with E-state index in [0.29, 0.717) is 6.42 Å². The van der Waals surface area contributed by atoms with Crippen LogP contribution in [0.5, 0.6) is 0 Å². The molecule has 12 heavy (non-hydrogen) atoms. The highest BCUT2D eigenvalue weighted by atomic mass is 16.1. The summed E-state index contributed by atoms with van der Waals surface area (Å²) in [5.74, 6) is 0.136. The van der Waals surface area contributed by atoms with Gasteiger partial charge in [-0.2, -0.15) is 0 Å². The average molecular weight is 163 g/mol. The van der Waals surface area contributed by atoms with E-state index in [4.69, 9.17) is 0 Å². The number of allylic oxidation sites excluding steroid dienone is 3. The van der Waals surface area contributed by atoms with Crippen molar-refractivity contribution >= 4 is 11.5 Å². The zero-order chi connectivity index (χ0) is 9.30. The Morgan fingerprint density at radius 3 is 2.42 bits per heavy atom. The maximum Gasteiger partial charge on any atom is 0.135 e. The number of rotatable bonds is 2. The molecule has 0 N–H and O–H groups in total. The molecule has 64 valence electrons. The van der Waals surface area contributed by atoms with Crippen LogP contribution < -0.4 is 0 Å². The van der Waals surface area contributed by atoms with Crippen LogP contribution in [0.2, 0.25) is 0 Å². The first-order valence-electron chi connectivity index (χ1n) is 3.96. The van der Waals surface area contributed by atoms with Crippen molar-refractivity contribution in [2.75, 3.05) is 0 Å². The van der Waals surface area contributed by atoms with Crippen LogP contribution in [0.1, 0.15) is 27.2 Å². The Morgan fingerprint density at radius 2 is 2.08 bits per heavy atom. The molecule has 1 rings (SSSR count). The predicted molar refractivity (Wildman–Crippen MR) is 50.2 cm³/mol. The van der Waals surface area contributed by atoms with Crippen LogP contribution >= 0.6 is 0 Å². The average Bonchev–Trinajstić information content (AvgIpc) is 2.17. The van der Waals surface area contributed by atoms with Gasteiger partial charge in [-0.1, -0.05) is 6.58 Å². The van der Waals surface area contributed by atoms with Gasteiger partial charge in [0.1, 0.15) is 5.78 Å². The van der Waals surface area contributed by atoms with E-state index >= 15 is 0 Å². The molecule has 0 aromatic rings. The van der Waals surface area contributed by atoms with Crippen molar-refractivity contribution in [2.45, 2.75) is 27.2 Å². The first-order chi connectivity index (χ1) is 5.52. The Labute approximate surface area is 72.7 Å². The van der Waals surface area contributed by atoms with Gasteiger partial charge in [-0.3, -0.25) is 9.79 Å². The number of hydrogen-bond acceptors (Lipinski definition) is 2. The Hall–Kier alpha value is -1.18. The Kier molecular flexibility index (Phi) is 2.27. The lowest BCUT2D eigenvalue weighted by atomic mass is 10.0. The standard InChI is InChI=1S/C10H13NO/c1-6(12)5-10-8(3)7(2)9(4)11-10/h3,5H2,1-2,4H3. The second-order valence-electron chi connectivity index (χ2n) is 3.13. The minimum absolute atomic E-state index is 0.136. The summed E-state index contributed by atoms with van der Waals surface area (Å²) >= 11 is 0. The molecule has 1 aliphatic heterocycles. The number of carbonyl (C=O) groups is 1. The minimum Gasteiger partial charge on any atom is -0.300 e. The van der Waals surface area contributed by atoms with Crippen LogP contribution in [0, 0.1) is 0 Å². The summed E-state index contributed by atoms with van der Waals surface area (Å²) in [6, 6.07) is 0. The van der Waals surface area contributed by atoms with Gasteiger partial charge in [0.2, 0.25) is 0 Å². The van der Waals surface area contributed by atoms with Crippen LogP contribution in [-0.4, -0.2) is 11.5 Å². The van der Waals surface area contributed by atoms with E-state index in [1.54, 1.807) is 6.92 Å².